The van der Waals surface area contributed by atoms with Crippen molar-refractivity contribution in [3.63, 3.8) is 0 Å². The summed E-state index contributed by atoms with van der Waals surface area (Å²) in [5, 5.41) is 34.4. The van der Waals surface area contributed by atoms with Gasteiger partial charge in [-0.05, 0) is 24.3 Å². The number of nitrogens with one attached hydrogen (secondary N) is 3. The molecule has 1 aromatic rings. The van der Waals surface area contributed by atoms with Gasteiger partial charge in [0.2, 0.25) is 17.7 Å². The van der Waals surface area contributed by atoms with Gasteiger partial charge in [-0.3, -0.25) is 24.0 Å². The van der Waals surface area contributed by atoms with E-state index in [4.69, 9.17) is 15.9 Å². The van der Waals surface area contributed by atoms with Crippen molar-refractivity contribution in [2.24, 2.45) is 11.7 Å². The van der Waals surface area contributed by atoms with Crippen molar-refractivity contribution in [1.29, 1.82) is 0 Å². The molecule has 3 amide bonds. The molecular weight excluding hydrogens is 500 g/mol. The van der Waals surface area contributed by atoms with Crippen LogP contribution in [0.1, 0.15) is 51.5 Å². The van der Waals surface area contributed by atoms with Gasteiger partial charge in [0.25, 0.3) is 0 Å². The lowest BCUT2D eigenvalue weighted by Gasteiger charge is -2.26. The molecule has 1 rings (SSSR count). The number of nitrogens with two attached hydrogens (primary N) is 1. The monoisotopic (exact) mass is 536 g/mol. The lowest BCUT2D eigenvalue weighted by atomic mass is 9.98. The second-order valence-electron chi connectivity index (χ2n) is 8.99. The van der Waals surface area contributed by atoms with Gasteiger partial charge in [0.15, 0.2) is 0 Å². The smallest absolute Gasteiger partial charge is 0.326 e. The topological polar surface area (TPSA) is 225 Å². The second-order valence-corrected chi connectivity index (χ2v) is 8.99. The number of hydrogen-bond donors (Lipinski definition) is 7. The highest BCUT2D eigenvalue weighted by atomic mass is 16.4. The van der Waals surface area contributed by atoms with E-state index in [1.165, 1.54) is 0 Å². The number of hydrogen-bond acceptors (Lipinski definition) is 7. The maximum atomic E-state index is 13.3. The van der Waals surface area contributed by atoms with Gasteiger partial charge < -0.3 is 37.0 Å². The van der Waals surface area contributed by atoms with Gasteiger partial charge in [-0.15, -0.1) is 0 Å². The Morgan fingerprint density at radius 3 is 1.74 bits per heavy atom. The summed E-state index contributed by atoms with van der Waals surface area (Å²) in [6.07, 6.45) is -1.21. The van der Waals surface area contributed by atoms with Crippen molar-refractivity contribution in [2.45, 2.75) is 76.5 Å². The van der Waals surface area contributed by atoms with E-state index in [1.54, 1.807) is 37.3 Å². The van der Waals surface area contributed by atoms with Crippen LogP contribution in [0.3, 0.4) is 0 Å². The number of carboxylic acid groups (broad SMARTS) is 3. The molecule has 0 bridgehead atoms. The van der Waals surface area contributed by atoms with Crippen molar-refractivity contribution < 1.29 is 44.1 Å². The van der Waals surface area contributed by atoms with Crippen LogP contribution in [0.4, 0.5) is 0 Å². The predicted molar refractivity (Wildman–Crippen MR) is 135 cm³/mol. The first-order chi connectivity index (χ1) is 17.8. The zero-order valence-corrected chi connectivity index (χ0v) is 21.4. The van der Waals surface area contributed by atoms with Gasteiger partial charge in [0.1, 0.15) is 18.1 Å². The van der Waals surface area contributed by atoms with Crippen molar-refractivity contribution in [2.75, 3.05) is 0 Å². The maximum absolute atomic E-state index is 13.3. The molecule has 0 aliphatic carbocycles. The average molecular weight is 537 g/mol. The molecule has 1 aromatic carbocycles. The number of carbonyl (C=O) groups excluding carboxylic acids is 3. The normalized spacial score (nSPS) is 14.7. The molecule has 0 heterocycles. The zero-order chi connectivity index (χ0) is 28.8. The minimum atomic E-state index is -1.57. The number of amides is 3. The molecule has 0 aliphatic heterocycles. The lowest BCUT2D eigenvalue weighted by molar-refractivity contribution is -0.144. The summed E-state index contributed by atoms with van der Waals surface area (Å²) < 4.78 is 0. The van der Waals surface area contributed by atoms with Crippen LogP contribution >= 0.6 is 0 Å². The molecule has 8 N–H and O–H groups in total. The summed E-state index contributed by atoms with van der Waals surface area (Å²) >= 11 is 0. The van der Waals surface area contributed by atoms with Crippen LogP contribution in [-0.4, -0.2) is 75.1 Å². The molecule has 13 nitrogen and oxygen atoms in total. The van der Waals surface area contributed by atoms with Crippen LogP contribution in [0.5, 0.6) is 0 Å². The van der Waals surface area contributed by atoms with Crippen molar-refractivity contribution in [3.8, 4) is 0 Å². The van der Waals surface area contributed by atoms with Gasteiger partial charge in [0.05, 0.1) is 6.04 Å². The van der Waals surface area contributed by atoms with E-state index in [0.717, 1.165) is 0 Å². The third-order valence-electron chi connectivity index (χ3n) is 6.02. The molecule has 13 heteroatoms. The molecule has 0 saturated carbocycles. The molecule has 0 aromatic heterocycles. The van der Waals surface area contributed by atoms with Gasteiger partial charge in [-0.1, -0.05) is 50.6 Å². The van der Waals surface area contributed by atoms with Crippen LogP contribution < -0.4 is 21.7 Å². The molecule has 0 fully saturated rings. The van der Waals surface area contributed by atoms with E-state index in [9.17, 15) is 33.9 Å². The number of rotatable bonds is 17. The van der Waals surface area contributed by atoms with Crippen LogP contribution in [-0.2, 0) is 35.2 Å². The van der Waals surface area contributed by atoms with Gasteiger partial charge in [-0.2, -0.15) is 0 Å². The highest BCUT2D eigenvalue weighted by Crippen LogP contribution is 2.09. The Morgan fingerprint density at radius 2 is 1.24 bits per heavy atom. The summed E-state index contributed by atoms with van der Waals surface area (Å²) in [7, 11) is 0. The Hall–Kier alpha value is -4.00. The summed E-state index contributed by atoms with van der Waals surface area (Å²) in [6, 6.07) is 3.59. The maximum Gasteiger partial charge on any atom is 0.326 e. The lowest BCUT2D eigenvalue weighted by Crippen LogP contribution is -2.58. The Bertz CT molecular complexity index is 986. The second kappa shape index (κ2) is 16.0. The fraction of sp³-hybridized carbons (Fsp3) is 0.520. The molecule has 5 unspecified atom stereocenters. The first-order valence-electron chi connectivity index (χ1n) is 12.2. The Labute approximate surface area is 220 Å². The van der Waals surface area contributed by atoms with E-state index in [-0.39, 0.29) is 18.8 Å². The largest absolute Gasteiger partial charge is 0.481 e. The molecular formula is C25H36N4O9. The van der Waals surface area contributed by atoms with E-state index in [1.807, 2.05) is 6.92 Å². The van der Waals surface area contributed by atoms with Crippen LogP contribution in [0.2, 0.25) is 0 Å². The van der Waals surface area contributed by atoms with Crippen LogP contribution in [0.25, 0.3) is 0 Å². The quantitative estimate of drug-likeness (QED) is 0.140. The summed E-state index contributed by atoms with van der Waals surface area (Å²) in [5.41, 5.74) is 6.70. The first kappa shape index (κ1) is 32.0. The number of carboxylic acids is 3. The Kier molecular flexibility index (Phi) is 13.5. The number of benzene rings is 1. The fourth-order valence-electron chi connectivity index (χ4n) is 3.45. The predicted octanol–water partition coefficient (Wildman–Crippen LogP) is -0.129. The van der Waals surface area contributed by atoms with Crippen LogP contribution in [0, 0.1) is 5.92 Å². The summed E-state index contributed by atoms with van der Waals surface area (Å²) in [6.45, 7) is 3.64. The Morgan fingerprint density at radius 1 is 0.763 bits per heavy atom. The van der Waals surface area contributed by atoms with E-state index in [0.29, 0.717) is 12.0 Å². The van der Waals surface area contributed by atoms with Gasteiger partial charge >= 0.3 is 17.9 Å². The van der Waals surface area contributed by atoms with Crippen LogP contribution in [0.15, 0.2) is 30.3 Å². The highest BCUT2D eigenvalue weighted by Gasteiger charge is 2.31. The van der Waals surface area contributed by atoms with E-state index in [2.05, 4.69) is 16.0 Å². The third-order valence-corrected chi connectivity index (χ3v) is 6.02. The van der Waals surface area contributed by atoms with Crippen molar-refractivity contribution in [3.05, 3.63) is 35.9 Å². The number of aliphatic carboxylic acids is 3. The SMILES string of the molecule is CCC(C)C(N)C(=O)NC(Cc1ccccc1)C(=O)NC(CCC(=O)O)C(=O)NC(CCC(=O)O)C(=O)O. The molecule has 0 radical (unpaired) electrons. The fourth-order valence-corrected chi connectivity index (χ4v) is 3.45. The summed E-state index contributed by atoms with van der Waals surface area (Å²) in [5.74, 6) is -6.58. The van der Waals surface area contributed by atoms with Crippen molar-refractivity contribution in [1.82, 2.24) is 16.0 Å². The molecule has 38 heavy (non-hydrogen) atoms. The molecule has 0 aliphatic rings. The molecule has 0 spiro atoms. The van der Waals surface area contributed by atoms with E-state index >= 15 is 0 Å². The van der Waals surface area contributed by atoms with Crippen molar-refractivity contribution >= 4 is 35.6 Å². The summed E-state index contributed by atoms with van der Waals surface area (Å²) in [4.78, 5) is 72.3. The molecule has 5 atom stereocenters. The Balaban J connectivity index is 3.14. The standard InChI is InChI=1S/C25H36N4O9/c1-3-14(2)21(26)24(36)29-18(13-15-7-5-4-6-8-15)23(35)27-16(9-11-19(30)31)22(34)28-17(25(37)38)10-12-20(32)33/h4-8,14,16-18,21H,3,9-13,26H2,1-2H3,(H,27,35)(H,28,34)(H,29,36)(H,30,31)(H,32,33)(H,37,38). The minimum Gasteiger partial charge on any atom is -0.481 e. The molecule has 210 valence electrons. The highest BCUT2D eigenvalue weighted by molar-refractivity contribution is 5.94. The minimum absolute atomic E-state index is 0.0370. The zero-order valence-electron chi connectivity index (χ0n) is 21.4. The van der Waals surface area contributed by atoms with Gasteiger partial charge in [0, 0.05) is 19.3 Å². The average Bonchev–Trinajstić information content (AvgIpc) is 2.87. The molecule has 0 saturated heterocycles. The number of carbonyl (C=O) groups is 6. The first-order valence-corrected chi connectivity index (χ1v) is 12.2. The third kappa shape index (κ3) is 11.4. The van der Waals surface area contributed by atoms with Gasteiger partial charge in [-0.25, -0.2) is 4.79 Å². The van der Waals surface area contributed by atoms with E-state index < -0.39 is 79.1 Å².